The summed E-state index contributed by atoms with van der Waals surface area (Å²) in [5, 5.41) is 2.80. The molecular formula is C17H22N2O2. The molecule has 1 aromatic carbocycles. The number of amides is 1. The predicted molar refractivity (Wildman–Crippen MR) is 81.9 cm³/mol. The number of hydrogen-bond acceptors (Lipinski definition) is 3. The van der Waals surface area contributed by atoms with E-state index in [0.29, 0.717) is 6.61 Å². The lowest BCUT2D eigenvalue weighted by Gasteiger charge is -2.36. The van der Waals surface area contributed by atoms with Crippen molar-refractivity contribution in [3.8, 4) is 0 Å². The molecule has 3 rings (SSSR count). The minimum Gasteiger partial charge on any atom is -0.377 e. The number of carbonyl (C=O) groups excluding carboxylic acids is 1. The SMILES string of the molecule is CNC(=O)C1Cc2ccccc2CN1CC1=CCCOC1. The molecule has 1 N–H and O–H groups in total. The molecule has 0 bridgehead atoms. The van der Waals surface area contributed by atoms with Gasteiger partial charge in [0.25, 0.3) is 0 Å². The smallest absolute Gasteiger partial charge is 0.237 e. The number of likely N-dealkylation sites (N-methyl/N-ethyl adjacent to an activating group) is 1. The van der Waals surface area contributed by atoms with Crippen LogP contribution in [0.5, 0.6) is 0 Å². The summed E-state index contributed by atoms with van der Waals surface area (Å²) in [7, 11) is 1.71. The normalized spacial score (nSPS) is 22.3. The first kappa shape index (κ1) is 14.3. The van der Waals surface area contributed by atoms with Gasteiger partial charge >= 0.3 is 0 Å². The first-order valence-corrected chi connectivity index (χ1v) is 7.56. The Balaban J connectivity index is 1.81. The third-order valence-electron chi connectivity index (χ3n) is 4.28. The van der Waals surface area contributed by atoms with Crippen LogP contribution in [-0.2, 0) is 22.5 Å². The summed E-state index contributed by atoms with van der Waals surface area (Å²) in [4.78, 5) is 14.5. The molecular weight excluding hydrogens is 264 g/mol. The Morgan fingerprint density at radius 1 is 1.38 bits per heavy atom. The van der Waals surface area contributed by atoms with E-state index in [0.717, 1.165) is 32.5 Å². The predicted octanol–water partition coefficient (Wildman–Crippen LogP) is 1.51. The van der Waals surface area contributed by atoms with E-state index in [1.165, 1.54) is 16.7 Å². The Hall–Kier alpha value is -1.65. The van der Waals surface area contributed by atoms with Crippen molar-refractivity contribution < 1.29 is 9.53 Å². The molecule has 0 spiro atoms. The highest BCUT2D eigenvalue weighted by Gasteiger charge is 2.31. The maximum Gasteiger partial charge on any atom is 0.237 e. The van der Waals surface area contributed by atoms with Crippen LogP contribution >= 0.6 is 0 Å². The van der Waals surface area contributed by atoms with E-state index in [1.807, 2.05) is 6.07 Å². The van der Waals surface area contributed by atoms with Crippen molar-refractivity contribution in [3.05, 3.63) is 47.0 Å². The van der Waals surface area contributed by atoms with E-state index in [4.69, 9.17) is 4.74 Å². The van der Waals surface area contributed by atoms with Gasteiger partial charge in [0.1, 0.15) is 0 Å². The molecule has 1 amide bonds. The van der Waals surface area contributed by atoms with E-state index >= 15 is 0 Å². The van der Waals surface area contributed by atoms with Gasteiger partial charge in [-0.15, -0.1) is 0 Å². The molecule has 0 aliphatic carbocycles. The summed E-state index contributed by atoms with van der Waals surface area (Å²) < 4.78 is 5.52. The Morgan fingerprint density at radius 2 is 2.19 bits per heavy atom. The van der Waals surface area contributed by atoms with Crippen molar-refractivity contribution in [2.75, 3.05) is 26.8 Å². The second-order valence-corrected chi connectivity index (χ2v) is 5.71. The minimum atomic E-state index is -0.0901. The van der Waals surface area contributed by atoms with Gasteiger partial charge in [-0.2, -0.15) is 0 Å². The molecule has 112 valence electrons. The third-order valence-corrected chi connectivity index (χ3v) is 4.28. The number of ether oxygens (including phenoxy) is 1. The molecule has 1 unspecified atom stereocenters. The van der Waals surface area contributed by atoms with Crippen molar-refractivity contribution >= 4 is 5.91 Å². The number of fused-ring (bicyclic) bond motifs is 1. The maximum atomic E-state index is 12.2. The van der Waals surface area contributed by atoms with Crippen LogP contribution in [0.2, 0.25) is 0 Å². The van der Waals surface area contributed by atoms with Crippen LogP contribution in [0.25, 0.3) is 0 Å². The number of rotatable bonds is 3. The molecule has 4 heteroatoms. The van der Waals surface area contributed by atoms with Gasteiger partial charge in [0.15, 0.2) is 0 Å². The monoisotopic (exact) mass is 286 g/mol. The molecule has 1 atom stereocenters. The Morgan fingerprint density at radius 3 is 2.90 bits per heavy atom. The van der Waals surface area contributed by atoms with Crippen LogP contribution in [0.3, 0.4) is 0 Å². The fraction of sp³-hybridized carbons (Fsp3) is 0.471. The van der Waals surface area contributed by atoms with Crippen LogP contribution in [-0.4, -0.2) is 43.7 Å². The zero-order valence-corrected chi connectivity index (χ0v) is 12.5. The molecule has 0 fully saturated rings. The lowest BCUT2D eigenvalue weighted by Crippen LogP contribution is -2.50. The Kier molecular flexibility index (Phi) is 4.36. The second kappa shape index (κ2) is 6.41. The topological polar surface area (TPSA) is 41.6 Å². The molecule has 0 saturated carbocycles. The zero-order valence-electron chi connectivity index (χ0n) is 12.5. The van der Waals surface area contributed by atoms with Crippen LogP contribution in [0, 0.1) is 0 Å². The number of nitrogens with zero attached hydrogens (tertiary/aromatic N) is 1. The molecule has 4 nitrogen and oxygen atoms in total. The van der Waals surface area contributed by atoms with Gasteiger partial charge in [-0.25, -0.2) is 0 Å². The molecule has 2 heterocycles. The molecule has 0 radical (unpaired) electrons. The van der Waals surface area contributed by atoms with Crippen LogP contribution in [0.15, 0.2) is 35.9 Å². The fourth-order valence-corrected chi connectivity index (χ4v) is 3.15. The Labute approximate surface area is 125 Å². The quantitative estimate of drug-likeness (QED) is 0.856. The summed E-state index contributed by atoms with van der Waals surface area (Å²) in [6.45, 7) is 3.14. The Bertz CT molecular complexity index is 553. The van der Waals surface area contributed by atoms with Crippen LogP contribution < -0.4 is 5.32 Å². The zero-order chi connectivity index (χ0) is 14.7. The lowest BCUT2D eigenvalue weighted by molar-refractivity contribution is -0.126. The highest BCUT2D eigenvalue weighted by atomic mass is 16.5. The average molecular weight is 286 g/mol. The third kappa shape index (κ3) is 3.17. The van der Waals surface area contributed by atoms with E-state index in [2.05, 4.69) is 34.5 Å². The van der Waals surface area contributed by atoms with Gasteiger partial charge in [0.2, 0.25) is 5.91 Å². The standard InChI is InChI=1S/C17H22N2O2/c1-18-17(20)16-9-14-6-2-3-7-15(14)11-19(16)10-13-5-4-8-21-12-13/h2-3,5-7,16H,4,8-12H2,1H3,(H,18,20). The number of carbonyl (C=O) groups is 1. The van der Waals surface area contributed by atoms with Crippen molar-refractivity contribution in [1.29, 1.82) is 0 Å². The van der Waals surface area contributed by atoms with Gasteiger partial charge < -0.3 is 10.1 Å². The molecule has 21 heavy (non-hydrogen) atoms. The molecule has 1 aromatic rings. The van der Waals surface area contributed by atoms with Crippen molar-refractivity contribution in [3.63, 3.8) is 0 Å². The molecule has 2 aliphatic heterocycles. The highest BCUT2D eigenvalue weighted by Crippen LogP contribution is 2.24. The van der Waals surface area contributed by atoms with Gasteiger partial charge in [-0.3, -0.25) is 9.69 Å². The first-order chi connectivity index (χ1) is 10.3. The summed E-state index contributed by atoms with van der Waals surface area (Å²) in [6.07, 6.45) is 4.01. The molecule has 2 aliphatic rings. The first-order valence-electron chi connectivity index (χ1n) is 7.56. The van der Waals surface area contributed by atoms with Crippen molar-refractivity contribution in [1.82, 2.24) is 10.2 Å². The average Bonchev–Trinajstić information content (AvgIpc) is 2.54. The van der Waals surface area contributed by atoms with E-state index < -0.39 is 0 Å². The van der Waals surface area contributed by atoms with E-state index in [-0.39, 0.29) is 11.9 Å². The van der Waals surface area contributed by atoms with Gasteiger partial charge in [0.05, 0.1) is 19.3 Å². The van der Waals surface area contributed by atoms with E-state index in [9.17, 15) is 4.79 Å². The van der Waals surface area contributed by atoms with Crippen LogP contribution in [0.1, 0.15) is 17.5 Å². The van der Waals surface area contributed by atoms with Crippen molar-refractivity contribution in [2.24, 2.45) is 0 Å². The minimum absolute atomic E-state index is 0.0901. The number of benzene rings is 1. The fourth-order valence-electron chi connectivity index (χ4n) is 3.15. The summed E-state index contributed by atoms with van der Waals surface area (Å²) in [6, 6.07) is 8.32. The summed E-state index contributed by atoms with van der Waals surface area (Å²) in [5.41, 5.74) is 3.90. The number of hydrogen-bond donors (Lipinski definition) is 1. The van der Waals surface area contributed by atoms with E-state index in [1.54, 1.807) is 7.05 Å². The van der Waals surface area contributed by atoms with Gasteiger partial charge in [0, 0.05) is 20.1 Å². The largest absolute Gasteiger partial charge is 0.377 e. The highest BCUT2D eigenvalue weighted by molar-refractivity contribution is 5.82. The van der Waals surface area contributed by atoms with Gasteiger partial charge in [-0.05, 0) is 29.5 Å². The lowest BCUT2D eigenvalue weighted by atomic mass is 9.93. The maximum absolute atomic E-state index is 12.2. The van der Waals surface area contributed by atoms with Crippen molar-refractivity contribution in [2.45, 2.75) is 25.4 Å². The molecule has 0 saturated heterocycles. The summed E-state index contributed by atoms with van der Waals surface area (Å²) in [5.74, 6) is 0.0989. The summed E-state index contributed by atoms with van der Waals surface area (Å²) >= 11 is 0. The molecule has 0 aromatic heterocycles. The van der Waals surface area contributed by atoms with Crippen LogP contribution in [0.4, 0.5) is 0 Å². The number of nitrogens with one attached hydrogen (secondary N) is 1. The second-order valence-electron chi connectivity index (χ2n) is 5.71. The van der Waals surface area contributed by atoms with Gasteiger partial charge in [-0.1, -0.05) is 30.3 Å².